The van der Waals surface area contributed by atoms with Crippen LogP contribution < -0.4 is 0 Å². The molecule has 2 heteroatoms. The molecule has 1 rings (SSSR count). The number of hydrogen-bond acceptors (Lipinski definition) is 1. The second-order valence-electron chi connectivity index (χ2n) is 5.21. The van der Waals surface area contributed by atoms with Gasteiger partial charge in [-0.1, -0.05) is 45.3 Å². The summed E-state index contributed by atoms with van der Waals surface area (Å²) in [5.41, 5.74) is 0. The molecular formula is C15H28ClN. The predicted octanol–water partition coefficient (Wildman–Crippen LogP) is 5.30. The van der Waals surface area contributed by atoms with E-state index in [1.807, 2.05) is 0 Å². The SMILES string of the molecule is CCC/C=C/CC[C@H]1CCC[C@@H](CCC)N1Cl. The predicted molar refractivity (Wildman–Crippen MR) is 77.3 cm³/mol. The van der Waals surface area contributed by atoms with E-state index in [2.05, 4.69) is 30.4 Å². The first-order valence-corrected chi connectivity index (χ1v) is 7.72. The lowest BCUT2D eigenvalue weighted by Gasteiger charge is -2.37. The van der Waals surface area contributed by atoms with Crippen molar-refractivity contribution in [2.24, 2.45) is 0 Å². The highest BCUT2D eigenvalue weighted by molar-refractivity contribution is 6.13. The molecule has 2 atom stereocenters. The molecule has 1 nitrogen and oxygen atoms in total. The van der Waals surface area contributed by atoms with Gasteiger partial charge in [0.25, 0.3) is 0 Å². The summed E-state index contributed by atoms with van der Waals surface area (Å²) in [6.07, 6.45) is 16.0. The van der Waals surface area contributed by atoms with Crippen LogP contribution in [0.2, 0.25) is 0 Å². The second-order valence-corrected chi connectivity index (χ2v) is 5.60. The summed E-state index contributed by atoms with van der Waals surface area (Å²) in [6, 6.07) is 1.23. The van der Waals surface area contributed by atoms with Gasteiger partial charge in [0.05, 0.1) is 0 Å². The summed E-state index contributed by atoms with van der Waals surface area (Å²) in [5, 5.41) is 0. The van der Waals surface area contributed by atoms with Crippen LogP contribution >= 0.6 is 11.8 Å². The van der Waals surface area contributed by atoms with E-state index in [9.17, 15) is 0 Å². The first kappa shape index (κ1) is 15.0. The largest absolute Gasteiger partial charge is 0.214 e. The molecule has 1 saturated heterocycles. The third-order valence-electron chi connectivity index (χ3n) is 3.68. The molecule has 0 aromatic rings. The number of allylic oxidation sites excluding steroid dienone is 2. The van der Waals surface area contributed by atoms with Gasteiger partial charge in [0, 0.05) is 12.1 Å². The van der Waals surface area contributed by atoms with Gasteiger partial charge in [-0.3, -0.25) is 0 Å². The van der Waals surface area contributed by atoms with E-state index in [1.165, 1.54) is 57.8 Å². The number of rotatable bonds is 7. The maximum Gasteiger partial charge on any atom is 0.0257 e. The van der Waals surface area contributed by atoms with Gasteiger partial charge in [0.1, 0.15) is 0 Å². The molecule has 0 radical (unpaired) electrons. The maximum absolute atomic E-state index is 6.48. The third-order valence-corrected chi connectivity index (χ3v) is 4.23. The van der Waals surface area contributed by atoms with Crippen LogP contribution in [0.3, 0.4) is 0 Å². The summed E-state index contributed by atoms with van der Waals surface area (Å²) in [5.74, 6) is 0. The minimum atomic E-state index is 0.605. The Kier molecular flexibility index (Phi) is 7.96. The fraction of sp³-hybridized carbons (Fsp3) is 0.867. The molecule has 0 unspecified atom stereocenters. The van der Waals surface area contributed by atoms with Crippen molar-refractivity contribution in [2.45, 2.75) is 83.7 Å². The molecule has 0 amide bonds. The van der Waals surface area contributed by atoms with Gasteiger partial charge in [-0.05, 0) is 50.3 Å². The zero-order valence-electron chi connectivity index (χ0n) is 11.5. The number of nitrogens with zero attached hydrogens (tertiary/aromatic N) is 1. The standard InChI is InChI=1S/C15H28ClN/c1-3-5-6-7-8-11-15-13-9-12-14(10-4-2)17(15)16/h6-7,14-15H,3-5,8-13H2,1-2H3/b7-6+/t14-,15+/m1/s1. The number of hydrogen-bond donors (Lipinski definition) is 0. The van der Waals surface area contributed by atoms with Gasteiger partial charge in [-0.2, -0.15) is 0 Å². The molecule has 1 fully saturated rings. The smallest absolute Gasteiger partial charge is 0.0257 e. The lowest BCUT2D eigenvalue weighted by atomic mass is 9.93. The Morgan fingerprint density at radius 3 is 2.29 bits per heavy atom. The van der Waals surface area contributed by atoms with Crippen molar-refractivity contribution < 1.29 is 0 Å². The Morgan fingerprint density at radius 1 is 1.00 bits per heavy atom. The average Bonchev–Trinajstić information content (AvgIpc) is 2.33. The zero-order valence-corrected chi connectivity index (χ0v) is 12.3. The number of halogens is 1. The van der Waals surface area contributed by atoms with Crippen LogP contribution in [0, 0.1) is 0 Å². The Labute approximate surface area is 112 Å². The van der Waals surface area contributed by atoms with Gasteiger partial charge in [0.2, 0.25) is 0 Å². The summed E-state index contributed by atoms with van der Waals surface area (Å²) >= 11 is 6.48. The molecule has 0 bridgehead atoms. The highest BCUT2D eigenvalue weighted by Crippen LogP contribution is 2.30. The Balaban J connectivity index is 2.27. The van der Waals surface area contributed by atoms with Gasteiger partial charge in [-0.25, -0.2) is 4.42 Å². The van der Waals surface area contributed by atoms with E-state index < -0.39 is 0 Å². The quantitative estimate of drug-likeness (QED) is 0.442. The molecule has 0 N–H and O–H groups in total. The van der Waals surface area contributed by atoms with Gasteiger partial charge in [0.15, 0.2) is 0 Å². The normalized spacial score (nSPS) is 26.8. The molecule has 0 aromatic carbocycles. The topological polar surface area (TPSA) is 3.24 Å². The summed E-state index contributed by atoms with van der Waals surface area (Å²) < 4.78 is 2.14. The summed E-state index contributed by atoms with van der Waals surface area (Å²) in [4.78, 5) is 0. The van der Waals surface area contributed by atoms with Crippen molar-refractivity contribution >= 4 is 11.8 Å². The first-order valence-electron chi connectivity index (χ1n) is 7.38. The van der Waals surface area contributed by atoms with Crippen molar-refractivity contribution in [3.8, 4) is 0 Å². The second kappa shape index (κ2) is 8.99. The van der Waals surface area contributed by atoms with E-state index in [0.29, 0.717) is 12.1 Å². The molecule has 17 heavy (non-hydrogen) atoms. The van der Waals surface area contributed by atoms with Gasteiger partial charge >= 0.3 is 0 Å². The Hall–Kier alpha value is -0.0100. The monoisotopic (exact) mass is 257 g/mol. The van der Waals surface area contributed by atoms with Crippen LogP contribution in [0.25, 0.3) is 0 Å². The summed E-state index contributed by atoms with van der Waals surface area (Å²) in [6.45, 7) is 4.48. The van der Waals surface area contributed by atoms with Gasteiger partial charge in [-0.15, -0.1) is 0 Å². The van der Waals surface area contributed by atoms with Crippen LogP contribution in [0.15, 0.2) is 12.2 Å². The fourth-order valence-corrected chi connectivity index (χ4v) is 3.08. The molecule has 1 heterocycles. The van der Waals surface area contributed by atoms with Crippen LogP contribution in [0.5, 0.6) is 0 Å². The molecular weight excluding hydrogens is 230 g/mol. The number of unbranched alkanes of at least 4 members (excludes halogenated alkanes) is 1. The van der Waals surface area contributed by atoms with Crippen molar-refractivity contribution in [3.63, 3.8) is 0 Å². The minimum Gasteiger partial charge on any atom is -0.214 e. The lowest BCUT2D eigenvalue weighted by molar-refractivity contribution is 0.170. The van der Waals surface area contributed by atoms with E-state index in [0.717, 1.165) is 0 Å². The van der Waals surface area contributed by atoms with Crippen LogP contribution in [0.1, 0.15) is 71.6 Å². The molecule has 0 aromatic heterocycles. The molecule has 0 spiro atoms. The molecule has 0 aliphatic carbocycles. The molecule has 1 aliphatic rings. The van der Waals surface area contributed by atoms with Crippen molar-refractivity contribution in [3.05, 3.63) is 12.2 Å². The number of piperidine rings is 1. The van der Waals surface area contributed by atoms with Crippen molar-refractivity contribution in [1.29, 1.82) is 0 Å². The fourth-order valence-electron chi connectivity index (χ4n) is 2.69. The minimum absolute atomic E-state index is 0.605. The van der Waals surface area contributed by atoms with E-state index in [4.69, 9.17) is 11.8 Å². The van der Waals surface area contributed by atoms with E-state index in [1.54, 1.807) is 0 Å². The van der Waals surface area contributed by atoms with Crippen molar-refractivity contribution in [2.75, 3.05) is 0 Å². The lowest BCUT2D eigenvalue weighted by Crippen LogP contribution is -2.40. The maximum atomic E-state index is 6.48. The molecule has 1 aliphatic heterocycles. The summed E-state index contributed by atoms with van der Waals surface area (Å²) in [7, 11) is 0. The van der Waals surface area contributed by atoms with Crippen LogP contribution in [-0.4, -0.2) is 16.5 Å². The first-order chi connectivity index (χ1) is 8.29. The molecule has 0 saturated carbocycles. The van der Waals surface area contributed by atoms with E-state index in [-0.39, 0.29) is 0 Å². The van der Waals surface area contributed by atoms with Crippen LogP contribution in [-0.2, 0) is 0 Å². The van der Waals surface area contributed by atoms with E-state index >= 15 is 0 Å². The Bertz CT molecular complexity index is 213. The highest BCUT2D eigenvalue weighted by Gasteiger charge is 2.27. The Morgan fingerprint density at radius 2 is 1.65 bits per heavy atom. The van der Waals surface area contributed by atoms with Crippen molar-refractivity contribution in [1.82, 2.24) is 4.42 Å². The van der Waals surface area contributed by atoms with Gasteiger partial charge < -0.3 is 0 Å². The zero-order chi connectivity index (χ0) is 12.5. The third kappa shape index (κ3) is 5.44. The highest BCUT2D eigenvalue weighted by atomic mass is 35.5. The molecule has 100 valence electrons. The average molecular weight is 258 g/mol. The van der Waals surface area contributed by atoms with Crippen LogP contribution in [0.4, 0.5) is 0 Å².